The predicted octanol–water partition coefficient (Wildman–Crippen LogP) is 3.38. The lowest BCUT2D eigenvalue weighted by Gasteiger charge is -2.35. The Hall–Kier alpha value is -4.27. The molecule has 2 aromatic heterocycles. The number of hydrogen-bond donors (Lipinski definition) is 1. The number of aromatic nitrogens is 5. The van der Waals surface area contributed by atoms with E-state index in [2.05, 4.69) is 32.3 Å². The van der Waals surface area contributed by atoms with Crippen molar-refractivity contribution in [3.63, 3.8) is 0 Å². The third kappa shape index (κ3) is 4.73. The van der Waals surface area contributed by atoms with Gasteiger partial charge in [0.1, 0.15) is 5.82 Å². The standard InChI is InChI=1S/C25H26N8O/c1-18-8-10-20(11-9-18)28-25-27-19(2)16-23(29-25)31-12-14-32(15-13-31)24(34)22-17-26-33(30-22)21-6-4-3-5-7-21/h3-11,16-17H,12-15H2,1-2H3,(H,27,28,29). The molecule has 4 aromatic rings. The highest BCUT2D eigenvalue weighted by atomic mass is 16.2. The molecular formula is C25H26N8O. The summed E-state index contributed by atoms with van der Waals surface area (Å²) in [5.74, 6) is 1.31. The summed E-state index contributed by atoms with van der Waals surface area (Å²) >= 11 is 0. The molecule has 1 fully saturated rings. The molecule has 172 valence electrons. The molecule has 0 bridgehead atoms. The molecule has 1 amide bonds. The van der Waals surface area contributed by atoms with E-state index in [0.29, 0.717) is 37.8 Å². The highest BCUT2D eigenvalue weighted by Crippen LogP contribution is 2.20. The minimum absolute atomic E-state index is 0.109. The van der Waals surface area contributed by atoms with E-state index in [1.54, 1.807) is 0 Å². The Morgan fingerprint density at radius 3 is 2.38 bits per heavy atom. The third-order valence-electron chi connectivity index (χ3n) is 5.74. The maximum Gasteiger partial charge on any atom is 0.276 e. The molecule has 0 atom stereocenters. The first-order valence-electron chi connectivity index (χ1n) is 11.3. The van der Waals surface area contributed by atoms with Gasteiger partial charge >= 0.3 is 0 Å². The van der Waals surface area contributed by atoms with Gasteiger partial charge in [0.05, 0.1) is 11.9 Å². The number of amides is 1. The molecule has 2 aromatic carbocycles. The molecule has 9 nitrogen and oxygen atoms in total. The number of hydrogen-bond acceptors (Lipinski definition) is 7. The Morgan fingerprint density at radius 1 is 0.912 bits per heavy atom. The summed E-state index contributed by atoms with van der Waals surface area (Å²) in [5.41, 5.74) is 4.20. The largest absolute Gasteiger partial charge is 0.353 e. The monoisotopic (exact) mass is 454 g/mol. The zero-order chi connectivity index (χ0) is 23.5. The van der Waals surface area contributed by atoms with Gasteiger partial charge in [-0.3, -0.25) is 4.79 Å². The molecule has 1 aliphatic heterocycles. The predicted molar refractivity (Wildman–Crippen MR) is 131 cm³/mol. The lowest BCUT2D eigenvalue weighted by atomic mass is 10.2. The van der Waals surface area contributed by atoms with Gasteiger partial charge in [-0.1, -0.05) is 35.9 Å². The van der Waals surface area contributed by atoms with Crippen molar-refractivity contribution >= 4 is 23.4 Å². The first kappa shape index (κ1) is 21.6. The van der Waals surface area contributed by atoms with Crippen LogP contribution in [0.1, 0.15) is 21.7 Å². The Balaban J connectivity index is 1.24. The smallest absolute Gasteiger partial charge is 0.276 e. The summed E-state index contributed by atoms with van der Waals surface area (Å²) in [6.45, 7) is 6.54. The fourth-order valence-electron chi connectivity index (χ4n) is 3.88. The van der Waals surface area contributed by atoms with Crippen LogP contribution in [0.4, 0.5) is 17.5 Å². The van der Waals surface area contributed by atoms with Crippen LogP contribution in [0, 0.1) is 13.8 Å². The van der Waals surface area contributed by atoms with Gasteiger partial charge in [0, 0.05) is 43.6 Å². The number of carbonyl (C=O) groups is 1. The quantitative estimate of drug-likeness (QED) is 0.494. The molecule has 34 heavy (non-hydrogen) atoms. The molecular weight excluding hydrogens is 428 g/mol. The van der Waals surface area contributed by atoms with Gasteiger partial charge in [0.15, 0.2) is 5.69 Å². The van der Waals surface area contributed by atoms with E-state index in [4.69, 9.17) is 4.98 Å². The molecule has 0 unspecified atom stereocenters. The fourth-order valence-corrected chi connectivity index (χ4v) is 3.88. The number of rotatable bonds is 5. The normalized spacial score (nSPS) is 13.7. The summed E-state index contributed by atoms with van der Waals surface area (Å²) in [7, 11) is 0. The number of piperazine rings is 1. The number of nitrogens with zero attached hydrogens (tertiary/aromatic N) is 7. The second-order valence-corrected chi connectivity index (χ2v) is 8.32. The van der Waals surface area contributed by atoms with Crippen LogP contribution in [0.15, 0.2) is 66.9 Å². The summed E-state index contributed by atoms with van der Waals surface area (Å²) in [6.07, 6.45) is 1.53. The van der Waals surface area contributed by atoms with E-state index >= 15 is 0 Å². The number of carbonyl (C=O) groups excluding carboxylic acids is 1. The molecule has 1 aliphatic rings. The second kappa shape index (κ2) is 9.30. The van der Waals surface area contributed by atoms with Gasteiger partial charge in [0.25, 0.3) is 5.91 Å². The third-order valence-corrected chi connectivity index (χ3v) is 5.74. The van der Waals surface area contributed by atoms with Gasteiger partial charge in [-0.05, 0) is 38.1 Å². The average Bonchev–Trinajstić information content (AvgIpc) is 3.36. The maximum absolute atomic E-state index is 13.0. The molecule has 0 aliphatic carbocycles. The Labute approximate surface area is 198 Å². The van der Waals surface area contributed by atoms with E-state index < -0.39 is 0 Å². The number of aryl methyl sites for hydroxylation is 2. The maximum atomic E-state index is 13.0. The summed E-state index contributed by atoms with van der Waals surface area (Å²) in [5, 5.41) is 11.9. The fraction of sp³-hybridized carbons (Fsp3) is 0.240. The van der Waals surface area contributed by atoms with Gasteiger partial charge in [-0.2, -0.15) is 14.9 Å². The second-order valence-electron chi connectivity index (χ2n) is 8.32. The van der Waals surface area contributed by atoms with E-state index in [1.165, 1.54) is 16.6 Å². The van der Waals surface area contributed by atoms with E-state index in [9.17, 15) is 4.79 Å². The van der Waals surface area contributed by atoms with Gasteiger partial charge in [-0.15, -0.1) is 5.10 Å². The van der Waals surface area contributed by atoms with E-state index in [0.717, 1.165) is 22.9 Å². The first-order chi connectivity index (χ1) is 16.5. The topological polar surface area (TPSA) is 92.1 Å². The van der Waals surface area contributed by atoms with Crippen molar-refractivity contribution in [2.45, 2.75) is 13.8 Å². The van der Waals surface area contributed by atoms with E-state index in [1.807, 2.05) is 72.5 Å². The van der Waals surface area contributed by atoms with Crippen molar-refractivity contribution < 1.29 is 4.79 Å². The SMILES string of the molecule is Cc1ccc(Nc2nc(C)cc(N3CCN(C(=O)c4cnn(-c5ccccc5)n4)CC3)n2)cc1. The zero-order valence-corrected chi connectivity index (χ0v) is 19.2. The van der Waals surface area contributed by atoms with Crippen LogP contribution >= 0.6 is 0 Å². The summed E-state index contributed by atoms with van der Waals surface area (Å²) in [4.78, 5) is 27.7. The van der Waals surface area contributed by atoms with Gasteiger partial charge in [-0.25, -0.2) is 4.98 Å². The lowest BCUT2D eigenvalue weighted by Crippen LogP contribution is -2.49. The lowest BCUT2D eigenvalue weighted by molar-refractivity contribution is 0.0740. The Kier molecular flexibility index (Phi) is 5.90. The number of anilines is 3. The number of nitrogens with one attached hydrogen (secondary N) is 1. The molecule has 0 saturated carbocycles. The number of benzene rings is 2. The minimum Gasteiger partial charge on any atom is -0.353 e. The van der Waals surface area contributed by atoms with Crippen LogP contribution in [0.25, 0.3) is 5.69 Å². The molecule has 1 saturated heterocycles. The molecule has 0 spiro atoms. The first-order valence-corrected chi connectivity index (χ1v) is 11.3. The van der Waals surface area contributed by atoms with Crippen LogP contribution in [-0.2, 0) is 0 Å². The van der Waals surface area contributed by atoms with Crippen LogP contribution in [0.3, 0.4) is 0 Å². The average molecular weight is 455 g/mol. The van der Waals surface area contributed by atoms with Crippen molar-refractivity contribution in [2.24, 2.45) is 0 Å². The van der Waals surface area contributed by atoms with Gasteiger partial charge < -0.3 is 15.1 Å². The van der Waals surface area contributed by atoms with Crippen molar-refractivity contribution in [2.75, 3.05) is 36.4 Å². The van der Waals surface area contributed by atoms with Crippen LogP contribution in [-0.4, -0.2) is 61.9 Å². The Morgan fingerprint density at radius 2 is 1.65 bits per heavy atom. The highest BCUT2D eigenvalue weighted by molar-refractivity contribution is 5.92. The van der Waals surface area contributed by atoms with Crippen LogP contribution in [0.5, 0.6) is 0 Å². The van der Waals surface area contributed by atoms with Crippen molar-refractivity contribution in [3.05, 3.63) is 83.8 Å². The van der Waals surface area contributed by atoms with Gasteiger partial charge in [0.2, 0.25) is 5.95 Å². The summed E-state index contributed by atoms with van der Waals surface area (Å²) < 4.78 is 0. The molecule has 5 rings (SSSR count). The van der Waals surface area contributed by atoms with Crippen molar-refractivity contribution in [1.29, 1.82) is 0 Å². The van der Waals surface area contributed by atoms with Crippen LogP contribution < -0.4 is 10.2 Å². The molecule has 3 heterocycles. The minimum atomic E-state index is -0.109. The zero-order valence-electron chi connectivity index (χ0n) is 19.2. The molecule has 1 N–H and O–H groups in total. The van der Waals surface area contributed by atoms with Crippen molar-refractivity contribution in [1.82, 2.24) is 29.9 Å². The van der Waals surface area contributed by atoms with Crippen molar-refractivity contribution in [3.8, 4) is 5.69 Å². The van der Waals surface area contributed by atoms with E-state index in [-0.39, 0.29) is 5.91 Å². The highest BCUT2D eigenvalue weighted by Gasteiger charge is 2.25. The van der Waals surface area contributed by atoms with Crippen LogP contribution in [0.2, 0.25) is 0 Å². The molecule has 0 radical (unpaired) electrons. The summed E-state index contributed by atoms with van der Waals surface area (Å²) in [6, 6.07) is 19.7. The Bertz CT molecular complexity index is 1280. The number of para-hydroxylation sites is 1. The molecule has 9 heteroatoms.